The number of rotatable bonds is 16. The van der Waals surface area contributed by atoms with Crippen LogP contribution in [-0.2, 0) is 43.9 Å². The van der Waals surface area contributed by atoms with E-state index >= 15 is 0 Å². The zero-order chi connectivity index (χ0) is 42.9. The van der Waals surface area contributed by atoms with Gasteiger partial charge in [-0.25, -0.2) is 13.2 Å². The second-order valence-corrected chi connectivity index (χ2v) is 17.9. The van der Waals surface area contributed by atoms with Gasteiger partial charge in [0.2, 0.25) is 15.9 Å². The minimum atomic E-state index is -3.99. The molecule has 6 aromatic carbocycles. The summed E-state index contributed by atoms with van der Waals surface area (Å²) in [5.74, 6) is -1.04. The molecule has 1 heterocycles. The number of aliphatic hydroxyl groups is 1. The van der Waals surface area contributed by atoms with E-state index in [1.807, 2.05) is 116 Å². The number of carbonyl (C=O) groups excluding carboxylic acids is 1. The maximum Gasteiger partial charge on any atom is 0.336 e. The number of hydrogen-bond acceptors (Lipinski definition) is 8. The maximum atomic E-state index is 13.7. The fourth-order valence-electron chi connectivity index (χ4n) is 7.30. The van der Waals surface area contributed by atoms with Gasteiger partial charge < -0.3 is 25.0 Å². The third-order valence-electron chi connectivity index (χ3n) is 10.8. The largest absolute Gasteiger partial charge is 0.478 e. The Bertz CT molecular complexity index is 2550. The van der Waals surface area contributed by atoms with Crippen LogP contribution in [0.4, 0.5) is 0 Å². The molecule has 1 aliphatic heterocycles. The lowest BCUT2D eigenvalue weighted by molar-refractivity contribution is -0.268. The summed E-state index contributed by atoms with van der Waals surface area (Å²) in [6.45, 7) is 4.04. The predicted octanol–water partition coefficient (Wildman–Crippen LogP) is 8.64. The molecule has 4 N–H and O–H groups in total. The molecule has 0 unspecified atom stereocenters. The first-order chi connectivity index (χ1) is 29.5. The highest BCUT2D eigenvalue weighted by Crippen LogP contribution is 2.44. The lowest BCUT2D eigenvalue weighted by Crippen LogP contribution is -2.47. The fraction of sp³-hybridized carbons (Fsp3) is 0.224. The van der Waals surface area contributed by atoms with Crippen molar-refractivity contribution in [3.63, 3.8) is 0 Å². The van der Waals surface area contributed by atoms with Crippen molar-refractivity contribution in [1.29, 1.82) is 0 Å². The van der Waals surface area contributed by atoms with Crippen LogP contribution in [0.25, 0.3) is 11.1 Å². The number of hydrogen-bond donors (Lipinski definition) is 4. The van der Waals surface area contributed by atoms with Crippen LogP contribution >= 0.6 is 11.8 Å². The monoisotopic (exact) mass is 856 g/mol. The van der Waals surface area contributed by atoms with Crippen molar-refractivity contribution in [3.8, 4) is 11.1 Å². The van der Waals surface area contributed by atoms with Gasteiger partial charge in [-0.1, -0.05) is 128 Å². The van der Waals surface area contributed by atoms with Crippen molar-refractivity contribution >= 4 is 33.7 Å². The van der Waals surface area contributed by atoms with Gasteiger partial charge in [0.1, 0.15) is 6.04 Å². The maximum absolute atomic E-state index is 13.7. The first-order valence-electron chi connectivity index (χ1n) is 20.0. The molecule has 0 spiro atoms. The topological polar surface area (TPSA) is 151 Å². The molecule has 1 fully saturated rings. The van der Waals surface area contributed by atoms with Gasteiger partial charge in [0, 0.05) is 28.7 Å². The molecular formula is C49H48N2O8S2. The number of sulfonamides is 1. The number of thioether (sulfide) groups is 1. The van der Waals surface area contributed by atoms with Gasteiger partial charge in [-0.15, -0.1) is 11.8 Å². The van der Waals surface area contributed by atoms with Gasteiger partial charge in [-0.2, -0.15) is 4.72 Å². The third kappa shape index (κ3) is 11.0. The normalized spacial score (nSPS) is 18.3. The standard InChI is InChI=1S/C49H48N2O8S2/c1-32-18-24-41(25-19-32)61(56,57)51-43(27-34-10-4-3-5-11-34)47(53)50-29-36-12-8-13-38(26-36)39-14-9-15-40(28-39)49-58-44(31-60-45-17-7-6-16-42(45)48(54)55)33(2)46(59-49)37-22-20-35(30-52)21-23-37/h3-26,28,33,43-44,46,49,51-52H,27,29-31H2,1-2H3,(H,50,53)(H,54,55)/t33-,43+,44+,46+,49+/m0/s1. The van der Waals surface area contributed by atoms with Crippen LogP contribution in [-0.4, -0.2) is 48.4 Å². The number of aryl methyl sites for hydroxylation is 1. The van der Waals surface area contributed by atoms with Crippen molar-refractivity contribution in [2.45, 2.75) is 67.8 Å². The Labute approximate surface area is 361 Å². The molecule has 0 aliphatic carbocycles. The second kappa shape index (κ2) is 19.9. The zero-order valence-electron chi connectivity index (χ0n) is 33.8. The Morgan fingerprint density at radius 1 is 0.738 bits per heavy atom. The number of aromatic carboxylic acids is 1. The minimum Gasteiger partial charge on any atom is -0.478 e. The van der Waals surface area contributed by atoms with Crippen LogP contribution in [0.5, 0.6) is 0 Å². The number of carboxylic acid groups (broad SMARTS) is 1. The number of nitrogens with one attached hydrogen (secondary N) is 2. The number of aliphatic hydroxyl groups excluding tert-OH is 1. The summed E-state index contributed by atoms with van der Waals surface area (Å²) in [7, 11) is -3.99. The van der Waals surface area contributed by atoms with Crippen molar-refractivity contribution in [2.24, 2.45) is 5.92 Å². The molecule has 1 amide bonds. The predicted molar refractivity (Wildman–Crippen MR) is 236 cm³/mol. The van der Waals surface area contributed by atoms with Crippen LogP contribution in [0.3, 0.4) is 0 Å². The Morgan fingerprint density at radius 3 is 2.13 bits per heavy atom. The van der Waals surface area contributed by atoms with Crippen LogP contribution < -0.4 is 10.0 Å². The van der Waals surface area contributed by atoms with E-state index in [2.05, 4.69) is 17.0 Å². The average molecular weight is 857 g/mol. The van der Waals surface area contributed by atoms with Gasteiger partial charge in [0.25, 0.3) is 0 Å². The Balaban J connectivity index is 1.09. The Kier molecular flexibility index (Phi) is 14.2. The summed E-state index contributed by atoms with van der Waals surface area (Å²) in [5.41, 5.74) is 7.13. The van der Waals surface area contributed by atoms with Crippen LogP contribution in [0.15, 0.2) is 161 Å². The molecule has 0 radical (unpaired) electrons. The van der Waals surface area contributed by atoms with E-state index in [4.69, 9.17) is 9.47 Å². The van der Waals surface area contributed by atoms with E-state index < -0.39 is 34.2 Å². The smallest absolute Gasteiger partial charge is 0.336 e. The highest BCUT2D eigenvalue weighted by Gasteiger charge is 2.38. The molecule has 12 heteroatoms. The summed E-state index contributed by atoms with van der Waals surface area (Å²) < 4.78 is 42.8. The van der Waals surface area contributed by atoms with Gasteiger partial charge in [0.05, 0.1) is 29.3 Å². The first kappa shape index (κ1) is 43.5. The molecule has 7 rings (SSSR count). The van der Waals surface area contributed by atoms with E-state index in [1.165, 1.54) is 23.9 Å². The van der Waals surface area contributed by atoms with Gasteiger partial charge in [0.15, 0.2) is 6.29 Å². The minimum absolute atomic E-state index is 0.0689. The lowest BCUT2D eigenvalue weighted by Gasteiger charge is -2.41. The highest BCUT2D eigenvalue weighted by atomic mass is 32.2. The Hall–Kier alpha value is -5.60. The SMILES string of the molecule is Cc1ccc(S(=O)(=O)N[C@H](Cc2ccccc2)C(=O)NCc2cccc(-c3cccc([C@@H]4O[C@H](CSc5ccccc5C(=O)O)[C@H](C)[C@H](c5ccc(CO)cc5)O4)c3)c2)cc1. The molecule has 0 saturated carbocycles. The number of ether oxygens (including phenoxy) is 2. The van der Waals surface area contributed by atoms with Crippen LogP contribution in [0.1, 0.15) is 63.1 Å². The highest BCUT2D eigenvalue weighted by molar-refractivity contribution is 7.99. The van der Waals surface area contributed by atoms with E-state index in [-0.39, 0.29) is 48.2 Å². The van der Waals surface area contributed by atoms with Crippen molar-refractivity contribution in [1.82, 2.24) is 10.0 Å². The molecule has 1 saturated heterocycles. The first-order valence-corrected chi connectivity index (χ1v) is 22.5. The van der Waals surface area contributed by atoms with Crippen LogP contribution in [0.2, 0.25) is 0 Å². The summed E-state index contributed by atoms with van der Waals surface area (Å²) in [4.78, 5) is 26.4. The summed E-state index contributed by atoms with van der Waals surface area (Å²) >= 11 is 1.44. The lowest BCUT2D eigenvalue weighted by atomic mass is 9.91. The quantitative estimate of drug-likeness (QED) is 0.0702. The van der Waals surface area contributed by atoms with E-state index in [0.29, 0.717) is 10.6 Å². The van der Waals surface area contributed by atoms with Crippen molar-refractivity contribution in [3.05, 3.63) is 191 Å². The van der Waals surface area contributed by atoms with Crippen LogP contribution in [0, 0.1) is 12.8 Å². The molecule has 0 aromatic heterocycles. The zero-order valence-corrected chi connectivity index (χ0v) is 35.4. The van der Waals surface area contributed by atoms with E-state index in [9.17, 15) is 28.2 Å². The molecule has 61 heavy (non-hydrogen) atoms. The summed E-state index contributed by atoms with van der Waals surface area (Å²) in [6, 6.07) is 45.0. The second-order valence-electron chi connectivity index (χ2n) is 15.2. The number of carboxylic acids is 1. The van der Waals surface area contributed by atoms with Crippen molar-refractivity contribution < 1.29 is 37.7 Å². The average Bonchev–Trinajstić information content (AvgIpc) is 3.28. The van der Waals surface area contributed by atoms with E-state index in [0.717, 1.165) is 44.5 Å². The van der Waals surface area contributed by atoms with E-state index in [1.54, 1.807) is 30.3 Å². The number of benzene rings is 6. The van der Waals surface area contributed by atoms with Crippen molar-refractivity contribution in [2.75, 3.05) is 5.75 Å². The molecule has 10 nitrogen and oxygen atoms in total. The molecule has 6 aromatic rings. The van der Waals surface area contributed by atoms with Gasteiger partial charge >= 0.3 is 5.97 Å². The summed E-state index contributed by atoms with van der Waals surface area (Å²) in [6.07, 6.45) is -1.24. The molecule has 0 bridgehead atoms. The van der Waals surface area contributed by atoms with Gasteiger partial charge in [-0.05, 0) is 83.1 Å². The fourth-order valence-corrected chi connectivity index (χ4v) is 9.71. The van der Waals surface area contributed by atoms with Gasteiger partial charge in [-0.3, -0.25) is 4.79 Å². The Morgan fingerprint density at radius 2 is 1.41 bits per heavy atom. The number of amides is 1. The molecule has 314 valence electrons. The molecular weight excluding hydrogens is 809 g/mol. The molecule has 5 atom stereocenters. The number of carbonyl (C=O) groups is 2. The molecule has 1 aliphatic rings. The third-order valence-corrected chi connectivity index (χ3v) is 13.4. The summed E-state index contributed by atoms with van der Waals surface area (Å²) in [5, 5.41) is 22.4.